The molecule has 0 aromatic carbocycles. The van der Waals surface area contributed by atoms with Gasteiger partial charge in [-0.05, 0) is 31.4 Å². The van der Waals surface area contributed by atoms with Crippen LogP contribution in [0.25, 0.3) is 0 Å². The smallest absolute Gasteiger partial charge is 0.409 e. The molecule has 0 aliphatic carbocycles. The summed E-state index contributed by atoms with van der Waals surface area (Å²) in [5.41, 5.74) is 0.319. The minimum atomic E-state index is -0.328. The normalized spacial score (nSPS) is 14.6. The maximum absolute atomic E-state index is 12.5. The first-order chi connectivity index (χ1) is 12.0. The lowest BCUT2D eigenvalue weighted by Gasteiger charge is -2.33. The van der Waals surface area contributed by atoms with Crippen LogP contribution >= 0.6 is 0 Å². The Morgan fingerprint density at radius 2 is 1.84 bits per heavy atom. The molecule has 25 heavy (non-hydrogen) atoms. The van der Waals surface area contributed by atoms with Gasteiger partial charge in [0, 0.05) is 32.7 Å². The molecular formula is C17H27N5O3. The van der Waals surface area contributed by atoms with Gasteiger partial charge in [0.05, 0.1) is 6.61 Å². The highest BCUT2D eigenvalue weighted by molar-refractivity contribution is 5.92. The molecule has 1 aromatic rings. The van der Waals surface area contributed by atoms with E-state index in [-0.39, 0.29) is 12.0 Å². The van der Waals surface area contributed by atoms with Crippen LogP contribution in [-0.2, 0) is 4.74 Å². The van der Waals surface area contributed by atoms with Crippen molar-refractivity contribution in [2.75, 3.05) is 44.6 Å². The summed E-state index contributed by atoms with van der Waals surface area (Å²) in [5, 5.41) is 11.3. The number of ether oxygens (including phenoxy) is 1. The van der Waals surface area contributed by atoms with E-state index < -0.39 is 0 Å². The minimum Gasteiger partial charge on any atom is -0.450 e. The van der Waals surface area contributed by atoms with Gasteiger partial charge in [-0.25, -0.2) is 4.79 Å². The Bertz CT molecular complexity index is 568. The highest BCUT2D eigenvalue weighted by atomic mass is 16.6. The van der Waals surface area contributed by atoms with E-state index in [1.54, 1.807) is 28.9 Å². The minimum absolute atomic E-state index is 0.162. The molecule has 0 unspecified atom stereocenters. The molecule has 1 aliphatic heterocycles. The first-order valence-electron chi connectivity index (χ1n) is 8.79. The van der Waals surface area contributed by atoms with Crippen molar-refractivity contribution in [1.29, 1.82) is 0 Å². The van der Waals surface area contributed by atoms with Gasteiger partial charge in [-0.2, -0.15) is 0 Å². The predicted molar refractivity (Wildman–Crippen MR) is 94.5 cm³/mol. The van der Waals surface area contributed by atoms with Crippen LogP contribution in [0, 0.1) is 5.92 Å². The van der Waals surface area contributed by atoms with Crippen molar-refractivity contribution >= 4 is 17.8 Å². The average Bonchev–Trinajstić information content (AvgIpc) is 2.62. The van der Waals surface area contributed by atoms with Gasteiger partial charge in [-0.15, -0.1) is 10.2 Å². The predicted octanol–water partition coefficient (Wildman–Crippen LogP) is 1.85. The Balaban J connectivity index is 1.84. The molecule has 1 aromatic heterocycles. The molecule has 0 saturated carbocycles. The Kier molecular flexibility index (Phi) is 6.97. The van der Waals surface area contributed by atoms with Crippen LogP contribution < -0.4 is 5.32 Å². The van der Waals surface area contributed by atoms with Crippen molar-refractivity contribution < 1.29 is 14.3 Å². The van der Waals surface area contributed by atoms with Gasteiger partial charge in [0.2, 0.25) is 0 Å². The molecule has 8 nitrogen and oxygen atoms in total. The fourth-order valence-electron chi connectivity index (χ4n) is 2.50. The molecule has 0 bridgehead atoms. The number of amides is 2. The first kappa shape index (κ1) is 19.0. The molecule has 2 rings (SSSR count). The van der Waals surface area contributed by atoms with Gasteiger partial charge < -0.3 is 19.9 Å². The van der Waals surface area contributed by atoms with Crippen molar-refractivity contribution in [3.05, 3.63) is 17.8 Å². The van der Waals surface area contributed by atoms with E-state index in [1.807, 2.05) is 0 Å². The van der Waals surface area contributed by atoms with Crippen LogP contribution in [-0.4, -0.2) is 71.3 Å². The number of aromatic nitrogens is 2. The molecule has 1 aliphatic rings. The van der Waals surface area contributed by atoms with E-state index in [0.717, 1.165) is 13.0 Å². The second-order valence-electron chi connectivity index (χ2n) is 6.39. The van der Waals surface area contributed by atoms with Gasteiger partial charge in [0.15, 0.2) is 5.69 Å². The lowest BCUT2D eigenvalue weighted by Crippen LogP contribution is -2.50. The van der Waals surface area contributed by atoms with E-state index >= 15 is 0 Å². The molecule has 0 atom stereocenters. The summed E-state index contributed by atoms with van der Waals surface area (Å²) in [5.74, 6) is 1.13. The van der Waals surface area contributed by atoms with Crippen molar-refractivity contribution in [2.45, 2.75) is 27.2 Å². The summed E-state index contributed by atoms with van der Waals surface area (Å²) < 4.78 is 4.98. The second-order valence-corrected chi connectivity index (χ2v) is 6.39. The van der Waals surface area contributed by atoms with Gasteiger partial charge in [0.25, 0.3) is 5.91 Å². The molecule has 0 spiro atoms. The summed E-state index contributed by atoms with van der Waals surface area (Å²) in [7, 11) is 0. The van der Waals surface area contributed by atoms with Crippen molar-refractivity contribution in [3.8, 4) is 0 Å². The van der Waals surface area contributed by atoms with Gasteiger partial charge in [0.1, 0.15) is 5.82 Å². The number of hydrogen-bond donors (Lipinski definition) is 1. The lowest BCUT2D eigenvalue weighted by atomic mass is 10.1. The molecule has 2 heterocycles. The van der Waals surface area contributed by atoms with Crippen LogP contribution in [0.3, 0.4) is 0 Å². The summed E-state index contributed by atoms with van der Waals surface area (Å²) in [6.45, 7) is 9.15. The summed E-state index contributed by atoms with van der Waals surface area (Å²) in [6, 6.07) is 3.46. The highest BCUT2D eigenvalue weighted by Crippen LogP contribution is 2.10. The van der Waals surface area contributed by atoms with Gasteiger partial charge >= 0.3 is 6.09 Å². The lowest BCUT2D eigenvalue weighted by molar-refractivity contribution is 0.0565. The van der Waals surface area contributed by atoms with Crippen molar-refractivity contribution in [1.82, 2.24) is 20.0 Å². The largest absolute Gasteiger partial charge is 0.450 e. The average molecular weight is 349 g/mol. The summed E-state index contributed by atoms with van der Waals surface area (Å²) in [4.78, 5) is 27.5. The standard InChI is InChI=1S/C17H27N5O3/c1-4-25-17(24)22-11-9-21(10-12-22)16(23)14-5-6-15(20-19-14)18-8-7-13(2)3/h5-6,13H,4,7-12H2,1-3H3,(H,18,20). The molecule has 8 heteroatoms. The first-order valence-corrected chi connectivity index (χ1v) is 8.79. The fourth-order valence-corrected chi connectivity index (χ4v) is 2.50. The third kappa shape index (κ3) is 5.58. The number of nitrogens with zero attached hydrogens (tertiary/aromatic N) is 4. The molecule has 0 radical (unpaired) electrons. The van der Waals surface area contributed by atoms with E-state index in [1.165, 1.54) is 0 Å². The zero-order chi connectivity index (χ0) is 18.2. The Labute approximate surface area is 148 Å². The van der Waals surface area contributed by atoms with E-state index in [2.05, 4.69) is 29.4 Å². The van der Waals surface area contributed by atoms with Crippen LogP contribution in [0.15, 0.2) is 12.1 Å². The number of nitrogens with one attached hydrogen (secondary N) is 1. The number of carbonyl (C=O) groups excluding carboxylic acids is 2. The zero-order valence-corrected chi connectivity index (χ0v) is 15.2. The van der Waals surface area contributed by atoms with Crippen LogP contribution in [0.1, 0.15) is 37.7 Å². The summed E-state index contributed by atoms with van der Waals surface area (Å²) >= 11 is 0. The topological polar surface area (TPSA) is 87.7 Å². The third-order valence-corrected chi connectivity index (χ3v) is 4.00. The number of piperazine rings is 1. The summed E-state index contributed by atoms with van der Waals surface area (Å²) in [6.07, 6.45) is 0.721. The van der Waals surface area contributed by atoms with Crippen molar-refractivity contribution in [3.63, 3.8) is 0 Å². The van der Waals surface area contributed by atoms with Gasteiger partial charge in [-0.3, -0.25) is 4.79 Å². The number of anilines is 1. The Morgan fingerprint density at radius 3 is 2.40 bits per heavy atom. The molecule has 2 amide bonds. The zero-order valence-electron chi connectivity index (χ0n) is 15.2. The van der Waals surface area contributed by atoms with E-state index in [4.69, 9.17) is 4.74 Å². The van der Waals surface area contributed by atoms with Crippen molar-refractivity contribution in [2.24, 2.45) is 5.92 Å². The highest BCUT2D eigenvalue weighted by Gasteiger charge is 2.26. The second kappa shape index (κ2) is 9.19. The van der Waals surface area contributed by atoms with E-state index in [0.29, 0.717) is 50.2 Å². The molecule has 1 fully saturated rings. The molecular weight excluding hydrogens is 322 g/mol. The SMILES string of the molecule is CCOC(=O)N1CCN(C(=O)c2ccc(NCCC(C)C)nn2)CC1. The monoisotopic (exact) mass is 349 g/mol. The van der Waals surface area contributed by atoms with Crippen LogP contribution in [0.4, 0.5) is 10.6 Å². The van der Waals surface area contributed by atoms with Crippen LogP contribution in [0.2, 0.25) is 0 Å². The Morgan fingerprint density at radius 1 is 1.16 bits per heavy atom. The molecule has 138 valence electrons. The number of rotatable bonds is 6. The maximum Gasteiger partial charge on any atom is 0.409 e. The van der Waals surface area contributed by atoms with Crippen LogP contribution in [0.5, 0.6) is 0 Å². The number of hydrogen-bond acceptors (Lipinski definition) is 6. The third-order valence-electron chi connectivity index (χ3n) is 4.00. The number of carbonyl (C=O) groups is 2. The quantitative estimate of drug-likeness (QED) is 0.843. The maximum atomic E-state index is 12.5. The Hall–Kier alpha value is -2.38. The van der Waals surface area contributed by atoms with Gasteiger partial charge in [-0.1, -0.05) is 13.8 Å². The molecule has 1 N–H and O–H groups in total. The fraction of sp³-hybridized carbons (Fsp3) is 0.647. The van der Waals surface area contributed by atoms with E-state index in [9.17, 15) is 9.59 Å². The molecule has 1 saturated heterocycles.